The third kappa shape index (κ3) is 3.29. The number of carbonyl (C=O) groups excluding carboxylic acids is 2. The van der Waals surface area contributed by atoms with Gasteiger partial charge in [0, 0.05) is 25.7 Å². The van der Waals surface area contributed by atoms with E-state index in [0.29, 0.717) is 37.3 Å². The SMILES string of the molecule is O=C1c2ccccc2C(=O)N1OC[C@H]1C[C@H](N2CCOCC2)CN1C(=O)O. The second-order valence-electron chi connectivity index (χ2n) is 6.87. The zero-order chi connectivity index (χ0) is 19.0. The zero-order valence-electron chi connectivity index (χ0n) is 14.7. The van der Waals surface area contributed by atoms with Crippen LogP contribution in [0.2, 0.25) is 0 Å². The number of hydroxylamine groups is 2. The number of fused-ring (bicyclic) bond motifs is 1. The Morgan fingerprint density at radius 3 is 2.37 bits per heavy atom. The molecule has 3 heterocycles. The van der Waals surface area contributed by atoms with Gasteiger partial charge >= 0.3 is 6.09 Å². The molecule has 0 unspecified atom stereocenters. The van der Waals surface area contributed by atoms with Crippen molar-refractivity contribution in [2.45, 2.75) is 18.5 Å². The van der Waals surface area contributed by atoms with E-state index in [4.69, 9.17) is 9.57 Å². The predicted molar refractivity (Wildman–Crippen MR) is 92.2 cm³/mol. The summed E-state index contributed by atoms with van der Waals surface area (Å²) in [6, 6.07) is 6.19. The molecule has 27 heavy (non-hydrogen) atoms. The van der Waals surface area contributed by atoms with Gasteiger partial charge in [0.15, 0.2) is 0 Å². The van der Waals surface area contributed by atoms with E-state index >= 15 is 0 Å². The average molecular weight is 375 g/mol. The predicted octanol–water partition coefficient (Wildman–Crippen LogP) is 0.667. The molecule has 3 aliphatic heterocycles. The first-order valence-electron chi connectivity index (χ1n) is 8.98. The van der Waals surface area contributed by atoms with Gasteiger partial charge < -0.3 is 14.7 Å². The van der Waals surface area contributed by atoms with Gasteiger partial charge in [-0.25, -0.2) is 4.79 Å². The molecule has 0 bridgehead atoms. The first-order chi connectivity index (χ1) is 13.1. The van der Waals surface area contributed by atoms with Gasteiger partial charge in [0.1, 0.15) is 0 Å². The van der Waals surface area contributed by atoms with Crippen molar-refractivity contribution in [2.24, 2.45) is 0 Å². The Hall–Kier alpha value is -2.49. The number of morpholine rings is 1. The second kappa shape index (κ2) is 7.26. The van der Waals surface area contributed by atoms with Crippen LogP contribution in [0.25, 0.3) is 0 Å². The van der Waals surface area contributed by atoms with Gasteiger partial charge in [0.25, 0.3) is 11.8 Å². The molecule has 2 saturated heterocycles. The summed E-state index contributed by atoms with van der Waals surface area (Å²) < 4.78 is 5.35. The maximum atomic E-state index is 12.4. The van der Waals surface area contributed by atoms with Crippen LogP contribution in [0, 0.1) is 0 Å². The summed E-state index contributed by atoms with van der Waals surface area (Å²) in [6.07, 6.45) is -0.433. The highest BCUT2D eigenvalue weighted by Crippen LogP contribution is 2.26. The van der Waals surface area contributed by atoms with Crippen LogP contribution >= 0.6 is 0 Å². The molecule has 1 aromatic rings. The largest absolute Gasteiger partial charge is 0.465 e. The number of ether oxygens (including phenoxy) is 1. The van der Waals surface area contributed by atoms with E-state index in [1.807, 2.05) is 0 Å². The van der Waals surface area contributed by atoms with Gasteiger partial charge in [-0.1, -0.05) is 12.1 Å². The summed E-state index contributed by atoms with van der Waals surface area (Å²) in [7, 11) is 0. The van der Waals surface area contributed by atoms with E-state index in [1.165, 1.54) is 4.90 Å². The quantitative estimate of drug-likeness (QED) is 0.772. The number of rotatable bonds is 4. The van der Waals surface area contributed by atoms with Crippen molar-refractivity contribution in [1.29, 1.82) is 0 Å². The molecule has 0 aliphatic carbocycles. The molecule has 3 amide bonds. The molecule has 1 aromatic carbocycles. The molecular weight excluding hydrogens is 354 g/mol. The molecular formula is C18H21N3O6. The van der Waals surface area contributed by atoms with E-state index in [1.54, 1.807) is 24.3 Å². The van der Waals surface area contributed by atoms with Gasteiger partial charge in [-0.05, 0) is 18.6 Å². The Kier molecular flexibility index (Phi) is 4.81. The van der Waals surface area contributed by atoms with E-state index in [-0.39, 0.29) is 12.6 Å². The summed E-state index contributed by atoms with van der Waals surface area (Å²) in [4.78, 5) is 45.4. The summed E-state index contributed by atoms with van der Waals surface area (Å²) in [5, 5.41) is 10.3. The van der Waals surface area contributed by atoms with Crippen LogP contribution in [0.15, 0.2) is 24.3 Å². The van der Waals surface area contributed by atoms with E-state index < -0.39 is 23.9 Å². The number of hydrogen-bond acceptors (Lipinski definition) is 6. The van der Waals surface area contributed by atoms with Crippen LogP contribution in [0.1, 0.15) is 27.1 Å². The van der Waals surface area contributed by atoms with Crippen LogP contribution < -0.4 is 0 Å². The van der Waals surface area contributed by atoms with E-state index in [0.717, 1.165) is 18.2 Å². The molecule has 4 rings (SSSR count). The summed E-state index contributed by atoms with van der Waals surface area (Å²) >= 11 is 0. The van der Waals surface area contributed by atoms with Crippen molar-refractivity contribution < 1.29 is 29.1 Å². The number of likely N-dealkylation sites (tertiary alicyclic amines) is 1. The summed E-state index contributed by atoms with van der Waals surface area (Å²) in [5.74, 6) is -1.03. The number of imide groups is 1. The van der Waals surface area contributed by atoms with Gasteiger partial charge in [0.05, 0.1) is 37.0 Å². The fourth-order valence-corrected chi connectivity index (χ4v) is 3.94. The molecule has 9 nitrogen and oxygen atoms in total. The smallest absolute Gasteiger partial charge is 0.407 e. The van der Waals surface area contributed by atoms with Crippen LogP contribution in [0.3, 0.4) is 0 Å². The lowest BCUT2D eigenvalue weighted by molar-refractivity contribution is -0.103. The van der Waals surface area contributed by atoms with Crippen LogP contribution in [0.4, 0.5) is 4.79 Å². The Balaban J connectivity index is 1.42. The molecule has 2 fully saturated rings. The van der Waals surface area contributed by atoms with Gasteiger partial charge in [0.2, 0.25) is 0 Å². The van der Waals surface area contributed by atoms with Gasteiger partial charge in [-0.15, -0.1) is 5.06 Å². The highest BCUT2D eigenvalue weighted by atomic mass is 16.7. The summed E-state index contributed by atoms with van der Waals surface area (Å²) in [5.41, 5.74) is 0.602. The van der Waals surface area contributed by atoms with Crippen molar-refractivity contribution in [3.8, 4) is 0 Å². The lowest BCUT2D eigenvalue weighted by atomic mass is 10.1. The number of carboxylic acid groups (broad SMARTS) is 1. The minimum atomic E-state index is -1.03. The minimum Gasteiger partial charge on any atom is -0.465 e. The van der Waals surface area contributed by atoms with Crippen molar-refractivity contribution in [2.75, 3.05) is 39.5 Å². The lowest BCUT2D eigenvalue weighted by Crippen LogP contribution is -2.45. The molecule has 0 spiro atoms. The molecule has 0 radical (unpaired) electrons. The maximum absolute atomic E-state index is 12.4. The number of benzene rings is 1. The fraction of sp³-hybridized carbons (Fsp3) is 0.500. The summed E-state index contributed by atoms with van der Waals surface area (Å²) in [6.45, 7) is 3.15. The normalized spacial score (nSPS) is 25.9. The third-order valence-electron chi connectivity index (χ3n) is 5.35. The Morgan fingerprint density at radius 2 is 1.78 bits per heavy atom. The standard InChI is InChI=1S/C18H21N3O6/c22-16-14-3-1-2-4-15(14)17(23)21(16)27-11-13-9-12(10-20(13)18(24)25)19-5-7-26-8-6-19/h1-4,12-13H,5-11H2,(H,24,25)/t12-,13+/m0/s1. The Bertz CT molecular complexity index is 728. The molecule has 1 N–H and O–H groups in total. The first-order valence-corrected chi connectivity index (χ1v) is 8.98. The van der Waals surface area contributed by atoms with Crippen LogP contribution in [0.5, 0.6) is 0 Å². The third-order valence-corrected chi connectivity index (χ3v) is 5.35. The van der Waals surface area contributed by atoms with E-state index in [9.17, 15) is 19.5 Å². The molecule has 9 heteroatoms. The Labute approximate surface area is 156 Å². The van der Waals surface area contributed by atoms with Crippen molar-refractivity contribution >= 4 is 17.9 Å². The van der Waals surface area contributed by atoms with Crippen molar-refractivity contribution in [1.82, 2.24) is 14.9 Å². The second-order valence-corrected chi connectivity index (χ2v) is 6.87. The van der Waals surface area contributed by atoms with Crippen molar-refractivity contribution in [3.05, 3.63) is 35.4 Å². The lowest BCUT2D eigenvalue weighted by Gasteiger charge is -2.31. The van der Waals surface area contributed by atoms with Crippen LogP contribution in [-0.2, 0) is 9.57 Å². The van der Waals surface area contributed by atoms with Crippen LogP contribution in [-0.4, -0.2) is 89.4 Å². The number of nitrogens with zero attached hydrogens (tertiary/aromatic N) is 3. The highest BCUT2D eigenvalue weighted by Gasteiger charge is 2.41. The first kappa shape index (κ1) is 17.9. The number of hydrogen-bond donors (Lipinski definition) is 1. The minimum absolute atomic E-state index is 0.0430. The number of carbonyl (C=O) groups is 3. The monoisotopic (exact) mass is 375 g/mol. The topological polar surface area (TPSA) is 99.6 Å². The Morgan fingerprint density at radius 1 is 1.15 bits per heavy atom. The van der Waals surface area contributed by atoms with Gasteiger partial charge in [-0.3, -0.25) is 19.3 Å². The molecule has 2 atom stereocenters. The molecule has 0 aromatic heterocycles. The highest BCUT2D eigenvalue weighted by molar-refractivity contribution is 6.20. The number of amides is 3. The fourth-order valence-electron chi connectivity index (χ4n) is 3.94. The van der Waals surface area contributed by atoms with Crippen molar-refractivity contribution in [3.63, 3.8) is 0 Å². The van der Waals surface area contributed by atoms with E-state index in [2.05, 4.69) is 4.90 Å². The molecule has 3 aliphatic rings. The molecule has 0 saturated carbocycles. The zero-order valence-corrected chi connectivity index (χ0v) is 14.7. The van der Waals surface area contributed by atoms with Gasteiger partial charge in [-0.2, -0.15) is 0 Å². The molecule has 144 valence electrons. The average Bonchev–Trinajstić information content (AvgIpc) is 3.22. The maximum Gasteiger partial charge on any atom is 0.407 e.